The van der Waals surface area contributed by atoms with Crippen molar-refractivity contribution in [1.29, 1.82) is 0 Å². The number of methoxy groups -OCH3 is 1. The van der Waals surface area contributed by atoms with E-state index in [1.54, 1.807) is 7.11 Å². The van der Waals surface area contributed by atoms with Gasteiger partial charge in [0.05, 0.1) is 13.2 Å². The maximum absolute atomic E-state index is 12.1. The third kappa shape index (κ3) is 6.08. The molecule has 0 saturated carbocycles. The Morgan fingerprint density at radius 3 is 2.86 bits per heavy atom. The van der Waals surface area contributed by atoms with Crippen molar-refractivity contribution in [2.45, 2.75) is 52.1 Å². The van der Waals surface area contributed by atoms with E-state index in [1.165, 1.54) is 23.2 Å². The summed E-state index contributed by atoms with van der Waals surface area (Å²) in [5.74, 6) is -0.245. The summed E-state index contributed by atoms with van der Waals surface area (Å²) in [4.78, 5) is 23.7. The summed E-state index contributed by atoms with van der Waals surface area (Å²) in [6, 6.07) is 2.92. The summed E-state index contributed by atoms with van der Waals surface area (Å²) < 4.78 is 6.17. The van der Waals surface area contributed by atoms with Gasteiger partial charge in [0.25, 0.3) is 11.5 Å². The fraction of sp³-hybridized carbons (Fsp3) is 0.667. The van der Waals surface area contributed by atoms with Crippen LogP contribution in [0.2, 0.25) is 0 Å². The molecule has 0 bridgehead atoms. The first-order chi connectivity index (χ1) is 10.1. The van der Waals surface area contributed by atoms with Crippen molar-refractivity contribution in [3.63, 3.8) is 0 Å². The van der Waals surface area contributed by atoms with Crippen LogP contribution in [-0.4, -0.2) is 35.4 Å². The molecule has 0 radical (unpaired) electrons. The Balaban J connectivity index is 2.63. The summed E-state index contributed by atoms with van der Waals surface area (Å²) in [5, 5.41) is 6.98. The molecule has 1 aromatic heterocycles. The Labute approximate surface area is 125 Å². The van der Waals surface area contributed by atoms with Gasteiger partial charge in [-0.3, -0.25) is 9.59 Å². The number of carbonyl (C=O) groups is 1. The van der Waals surface area contributed by atoms with E-state index in [9.17, 15) is 9.59 Å². The van der Waals surface area contributed by atoms with Gasteiger partial charge in [0, 0.05) is 19.2 Å². The zero-order chi connectivity index (χ0) is 15.7. The number of unbranched alkanes of at least 4 members (excludes halogenated alkanes) is 2. The van der Waals surface area contributed by atoms with E-state index in [2.05, 4.69) is 17.3 Å². The zero-order valence-corrected chi connectivity index (χ0v) is 13.1. The number of nitrogens with one attached hydrogen (secondary N) is 1. The molecule has 1 aromatic rings. The van der Waals surface area contributed by atoms with Crippen LogP contribution in [0, 0.1) is 0 Å². The third-order valence-corrected chi connectivity index (χ3v) is 3.22. The summed E-state index contributed by atoms with van der Waals surface area (Å²) in [5.41, 5.74) is 0.0210. The van der Waals surface area contributed by atoms with Crippen molar-refractivity contribution >= 4 is 5.91 Å². The first-order valence-electron chi connectivity index (χ1n) is 7.46. The summed E-state index contributed by atoms with van der Waals surface area (Å²) in [6.45, 7) is 4.85. The fourth-order valence-electron chi connectivity index (χ4n) is 1.98. The maximum Gasteiger partial charge on any atom is 0.271 e. The first-order valence-corrected chi connectivity index (χ1v) is 7.46. The predicted octanol–water partition coefficient (Wildman–Crippen LogP) is 1.59. The Morgan fingerprint density at radius 2 is 2.19 bits per heavy atom. The number of amides is 1. The Kier molecular flexibility index (Phi) is 7.68. The minimum atomic E-state index is -0.245. The number of hydrogen-bond donors (Lipinski definition) is 1. The normalized spacial score (nSPS) is 12.1. The SMILES string of the molecule is CCCCCC(C)NC(=O)c1ccc(=O)n(CCOC)n1. The van der Waals surface area contributed by atoms with Gasteiger partial charge in [-0.25, -0.2) is 4.68 Å². The lowest BCUT2D eigenvalue weighted by Crippen LogP contribution is -2.35. The molecule has 1 atom stereocenters. The average Bonchev–Trinajstić information content (AvgIpc) is 2.46. The standard InChI is InChI=1S/C15H25N3O3/c1-4-5-6-7-12(2)16-15(20)13-8-9-14(19)18(17-13)10-11-21-3/h8-9,12H,4-7,10-11H2,1-3H3,(H,16,20). The smallest absolute Gasteiger partial charge is 0.271 e. The number of rotatable bonds is 9. The summed E-state index contributed by atoms with van der Waals surface area (Å²) >= 11 is 0. The number of aromatic nitrogens is 2. The van der Waals surface area contributed by atoms with Gasteiger partial charge in [-0.1, -0.05) is 26.2 Å². The highest BCUT2D eigenvalue weighted by Gasteiger charge is 2.12. The van der Waals surface area contributed by atoms with Gasteiger partial charge >= 0.3 is 0 Å². The second kappa shape index (κ2) is 9.28. The predicted molar refractivity (Wildman–Crippen MR) is 81.4 cm³/mol. The minimum absolute atomic E-state index is 0.102. The highest BCUT2D eigenvalue weighted by atomic mass is 16.5. The monoisotopic (exact) mass is 295 g/mol. The first kappa shape index (κ1) is 17.4. The van der Waals surface area contributed by atoms with E-state index in [0.717, 1.165) is 19.3 Å². The summed E-state index contributed by atoms with van der Waals surface area (Å²) in [7, 11) is 1.56. The van der Waals surface area contributed by atoms with Crippen LogP contribution in [0.5, 0.6) is 0 Å². The van der Waals surface area contributed by atoms with E-state index in [0.29, 0.717) is 13.2 Å². The molecular formula is C15H25N3O3. The lowest BCUT2D eigenvalue weighted by Gasteiger charge is -2.13. The van der Waals surface area contributed by atoms with Crippen LogP contribution in [0.25, 0.3) is 0 Å². The van der Waals surface area contributed by atoms with Gasteiger partial charge in [0.15, 0.2) is 0 Å². The van der Waals surface area contributed by atoms with E-state index in [4.69, 9.17) is 4.74 Å². The molecule has 118 valence electrons. The molecule has 1 unspecified atom stereocenters. The van der Waals surface area contributed by atoms with Crippen molar-refractivity contribution < 1.29 is 9.53 Å². The molecule has 0 aliphatic rings. The van der Waals surface area contributed by atoms with Crippen LogP contribution >= 0.6 is 0 Å². The molecule has 21 heavy (non-hydrogen) atoms. The molecule has 1 rings (SSSR count). The van der Waals surface area contributed by atoms with E-state index in [-0.39, 0.29) is 23.2 Å². The summed E-state index contributed by atoms with van der Waals surface area (Å²) in [6.07, 6.45) is 4.37. The minimum Gasteiger partial charge on any atom is -0.383 e. The van der Waals surface area contributed by atoms with Gasteiger partial charge in [0.2, 0.25) is 0 Å². The van der Waals surface area contributed by atoms with Crippen molar-refractivity contribution in [2.24, 2.45) is 0 Å². The van der Waals surface area contributed by atoms with Crippen molar-refractivity contribution in [3.8, 4) is 0 Å². The van der Waals surface area contributed by atoms with Gasteiger partial charge < -0.3 is 10.1 Å². The Morgan fingerprint density at radius 1 is 1.43 bits per heavy atom. The molecule has 6 heteroatoms. The van der Waals surface area contributed by atoms with Gasteiger partial charge in [-0.05, 0) is 19.4 Å². The molecule has 1 amide bonds. The number of hydrogen-bond acceptors (Lipinski definition) is 4. The lowest BCUT2D eigenvalue weighted by molar-refractivity contribution is 0.0929. The van der Waals surface area contributed by atoms with E-state index < -0.39 is 0 Å². The van der Waals surface area contributed by atoms with Crippen LogP contribution in [0.15, 0.2) is 16.9 Å². The molecule has 0 saturated heterocycles. The van der Waals surface area contributed by atoms with Crippen LogP contribution < -0.4 is 10.9 Å². The molecule has 0 aliphatic heterocycles. The molecule has 0 fully saturated rings. The topological polar surface area (TPSA) is 73.2 Å². The van der Waals surface area contributed by atoms with Crippen LogP contribution in [-0.2, 0) is 11.3 Å². The Bertz CT molecular complexity index is 499. The number of carbonyl (C=O) groups excluding carboxylic acids is 1. The highest BCUT2D eigenvalue weighted by Crippen LogP contribution is 2.03. The second-order valence-electron chi connectivity index (χ2n) is 5.14. The molecule has 6 nitrogen and oxygen atoms in total. The van der Waals surface area contributed by atoms with Crippen molar-refractivity contribution in [3.05, 3.63) is 28.2 Å². The van der Waals surface area contributed by atoms with Crippen LogP contribution in [0.1, 0.15) is 50.0 Å². The third-order valence-electron chi connectivity index (χ3n) is 3.22. The number of nitrogens with zero attached hydrogens (tertiary/aromatic N) is 2. The fourth-order valence-corrected chi connectivity index (χ4v) is 1.98. The average molecular weight is 295 g/mol. The zero-order valence-electron chi connectivity index (χ0n) is 13.1. The van der Waals surface area contributed by atoms with Crippen LogP contribution in [0.4, 0.5) is 0 Å². The largest absolute Gasteiger partial charge is 0.383 e. The maximum atomic E-state index is 12.1. The second-order valence-corrected chi connectivity index (χ2v) is 5.14. The molecule has 1 heterocycles. The van der Waals surface area contributed by atoms with Crippen LogP contribution in [0.3, 0.4) is 0 Å². The number of ether oxygens (including phenoxy) is 1. The molecule has 1 N–H and O–H groups in total. The molecular weight excluding hydrogens is 270 g/mol. The quantitative estimate of drug-likeness (QED) is 0.702. The highest BCUT2D eigenvalue weighted by molar-refractivity contribution is 5.92. The van der Waals surface area contributed by atoms with Gasteiger partial charge in [0.1, 0.15) is 5.69 Å². The lowest BCUT2D eigenvalue weighted by atomic mass is 10.1. The van der Waals surface area contributed by atoms with Crippen molar-refractivity contribution in [1.82, 2.24) is 15.1 Å². The van der Waals surface area contributed by atoms with E-state index in [1.807, 2.05) is 6.92 Å². The van der Waals surface area contributed by atoms with E-state index >= 15 is 0 Å². The van der Waals surface area contributed by atoms with Gasteiger partial charge in [-0.15, -0.1) is 0 Å². The molecule has 0 aromatic carbocycles. The Hall–Kier alpha value is -1.69. The van der Waals surface area contributed by atoms with Gasteiger partial charge in [-0.2, -0.15) is 5.10 Å². The molecule has 0 spiro atoms. The van der Waals surface area contributed by atoms with Crippen molar-refractivity contribution in [2.75, 3.05) is 13.7 Å². The molecule has 0 aliphatic carbocycles.